The largest absolute Gasteiger partial charge is 0.395 e. The molecule has 0 spiro atoms. The van der Waals surface area contributed by atoms with Gasteiger partial charge < -0.3 is 15.7 Å². The third-order valence-electron chi connectivity index (χ3n) is 6.02. The fourth-order valence-corrected chi connectivity index (χ4v) is 4.42. The van der Waals surface area contributed by atoms with E-state index in [0.717, 1.165) is 18.4 Å². The summed E-state index contributed by atoms with van der Waals surface area (Å²) in [5.41, 5.74) is 4.17. The van der Waals surface area contributed by atoms with Crippen molar-refractivity contribution in [3.8, 4) is 0 Å². The quantitative estimate of drug-likeness (QED) is 0.701. The molecule has 2 aromatic rings. The monoisotopic (exact) mass is 394 g/mol. The van der Waals surface area contributed by atoms with Crippen LogP contribution in [0.4, 0.5) is 4.39 Å². The van der Waals surface area contributed by atoms with Gasteiger partial charge in [0.2, 0.25) is 0 Å². The van der Waals surface area contributed by atoms with E-state index in [2.05, 4.69) is 41.0 Å². The Balaban J connectivity index is 1.41. The Morgan fingerprint density at radius 2 is 1.97 bits per heavy atom. The molecule has 1 heterocycles. The van der Waals surface area contributed by atoms with Crippen molar-refractivity contribution < 1.29 is 14.3 Å². The van der Waals surface area contributed by atoms with Gasteiger partial charge in [-0.1, -0.05) is 36.4 Å². The summed E-state index contributed by atoms with van der Waals surface area (Å²) < 4.78 is 13.3. The fraction of sp³-hybridized carbons (Fsp3) is 0.375. The van der Waals surface area contributed by atoms with E-state index in [1.54, 1.807) is 6.07 Å². The summed E-state index contributed by atoms with van der Waals surface area (Å²) in [5.74, 6) is -0.593. The van der Waals surface area contributed by atoms with Crippen molar-refractivity contribution in [2.75, 3.05) is 13.2 Å². The minimum Gasteiger partial charge on any atom is -0.395 e. The Morgan fingerprint density at radius 1 is 1.14 bits per heavy atom. The molecule has 152 valence electrons. The lowest BCUT2D eigenvalue weighted by Gasteiger charge is -2.46. The number of hydrogen-bond acceptors (Lipinski definition) is 3. The zero-order valence-electron chi connectivity index (χ0n) is 16.4. The SMILES string of the molecule is O=C(NC[C@H]1N[C@H](CO)[C@@H]1c1ccc(C2=CCCCC2)cc1)c1cccc(F)c1. The Labute approximate surface area is 170 Å². The first-order valence-corrected chi connectivity index (χ1v) is 10.4. The van der Waals surface area contributed by atoms with Gasteiger partial charge in [-0.2, -0.15) is 0 Å². The average molecular weight is 394 g/mol. The van der Waals surface area contributed by atoms with E-state index in [0.29, 0.717) is 12.1 Å². The van der Waals surface area contributed by atoms with Crippen LogP contribution < -0.4 is 10.6 Å². The molecule has 5 heteroatoms. The van der Waals surface area contributed by atoms with Crippen molar-refractivity contribution in [3.05, 3.63) is 77.1 Å². The van der Waals surface area contributed by atoms with Crippen LogP contribution in [0.1, 0.15) is 53.1 Å². The number of aliphatic hydroxyl groups is 1. The number of rotatable bonds is 6. The van der Waals surface area contributed by atoms with Crippen LogP contribution in [0.15, 0.2) is 54.6 Å². The Bertz CT molecular complexity index is 894. The number of allylic oxidation sites excluding steroid dienone is 2. The number of benzene rings is 2. The summed E-state index contributed by atoms with van der Waals surface area (Å²) in [6.07, 6.45) is 7.16. The molecule has 0 saturated carbocycles. The summed E-state index contributed by atoms with van der Waals surface area (Å²) in [6, 6.07) is 14.3. The zero-order valence-corrected chi connectivity index (χ0v) is 16.4. The predicted molar refractivity (Wildman–Crippen MR) is 112 cm³/mol. The number of hydrogen-bond donors (Lipinski definition) is 3. The number of nitrogens with one attached hydrogen (secondary N) is 2. The molecule has 0 unspecified atom stereocenters. The highest BCUT2D eigenvalue weighted by molar-refractivity contribution is 5.94. The van der Waals surface area contributed by atoms with Crippen molar-refractivity contribution in [1.29, 1.82) is 0 Å². The number of carbonyl (C=O) groups is 1. The van der Waals surface area contributed by atoms with Crippen molar-refractivity contribution in [2.24, 2.45) is 0 Å². The molecule has 29 heavy (non-hydrogen) atoms. The second-order valence-electron chi connectivity index (χ2n) is 7.91. The molecule has 1 aliphatic carbocycles. The summed E-state index contributed by atoms with van der Waals surface area (Å²) in [4.78, 5) is 12.3. The van der Waals surface area contributed by atoms with Crippen LogP contribution in [0.25, 0.3) is 5.57 Å². The van der Waals surface area contributed by atoms with E-state index in [1.807, 2.05) is 0 Å². The molecule has 4 rings (SSSR count). The lowest BCUT2D eigenvalue weighted by molar-refractivity contribution is 0.0910. The number of halogens is 1. The van der Waals surface area contributed by atoms with Gasteiger partial charge in [-0.3, -0.25) is 4.79 Å². The van der Waals surface area contributed by atoms with E-state index in [4.69, 9.17) is 0 Å². The third kappa shape index (κ3) is 4.41. The van der Waals surface area contributed by atoms with Gasteiger partial charge in [0, 0.05) is 30.1 Å². The van der Waals surface area contributed by atoms with E-state index < -0.39 is 5.82 Å². The van der Waals surface area contributed by atoms with E-state index in [1.165, 1.54) is 42.2 Å². The fourth-order valence-electron chi connectivity index (χ4n) is 4.42. The van der Waals surface area contributed by atoms with Crippen molar-refractivity contribution in [1.82, 2.24) is 10.6 Å². The summed E-state index contributed by atoms with van der Waals surface area (Å²) in [7, 11) is 0. The highest BCUT2D eigenvalue weighted by atomic mass is 19.1. The molecule has 2 aromatic carbocycles. The molecule has 2 aliphatic rings. The highest BCUT2D eigenvalue weighted by Crippen LogP contribution is 2.34. The zero-order chi connectivity index (χ0) is 20.2. The van der Waals surface area contributed by atoms with Gasteiger partial charge in [0.05, 0.1) is 6.61 Å². The van der Waals surface area contributed by atoms with Gasteiger partial charge in [0.25, 0.3) is 5.91 Å². The average Bonchev–Trinajstić information content (AvgIpc) is 2.74. The van der Waals surface area contributed by atoms with Gasteiger partial charge in [0.1, 0.15) is 5.82 Å². The molecule has 0 bridgehead atoms. The minimum absolute atomic E-state index is 0.0224. The molecule has 1 saturated heterocycles. The molecule has 3 N–H and O–H groups in total. The second-order valence-corrected chi connectivity index (χ2v) is 7.91. The van der Waals surface area contributed by atoms with Gasteiger partial charge in [-0.05, 0) is 60.6 Å². The lowest BCUT2D eigenvalue weighted by Crippen LogP contribution is -2.64. The summed E-state index contributed by atoms with van der Waals surface area (Å²) in [6.45, 7) is 0.468. The molecule has 0 radical (unpaired) electrons. The van der Waals surface area contributed by atoms with Crippen LogP contribution in [-0.2, 0) is 0 Å². The molecule has 1 aliphatic heterocycles. The Hall–Kier alpha value is -2.50. The topological polar surface area (TPSA) is 61.4 Å². The number of aliphatic hydroxyl groups excluding tert-OH is 1. The molecule has 3 atom stereocenters. The number of carbonyl (C=O) groups excluding carboxylic acids is 1. The smallest absolute Gasteiger partial charge is 0.251 e. The first kappa shape index (κ1) is 19.8. The molecule has 1 amide bonds. The van der Waals surface area contributed by atoms with E-state index in [-0.39, 0.29) is 30.5 Å². The van der Waals surface area contributed by atoms with Crippen LogP contribution in [0, 0.1) is 5.82 Å². The van der Waals surface area contributed by atoms with Crippen LogP contribution in [-0.4, -0.2) is 36.2 Å². The summed E-state index contributed by atoms with van der Waals surface area (Å²) in [5, 5.41) is 15.9. The molecule has 1 fully saturated rings. The lowest BCUT2D eigenvalue weighted by atomic mass is 9.77. The first-order valence-electron chi connectivity index (χ1n) is 10.4. The third-order valence-corrected chi connectivity index (χ3v) is 6.02. The standard InChI is InChI=1S/C24H27FN2O2/c25-20-8-4-7-19(13-20)24(29)26-14-21-23(22(15-28)27-21)18-11-9-17(10-12-18)16-5-2-1-3-6-16/h4-5,7-13,21-23,27-28H,1-3,6,14-15H2,(H,26,29)/t21-,22-,23-/m1/s1. The van der Waals surface area contributed by atoms with Crippen molar-refractivity contribution in [2.45, 2.75) is 43.7 Å². The predicted octanol–water partition coefficient (Wildman–Crippen LogP) is 3.63. The van der Waals surface area contributed by atoms with Gasteiger partial charge in [-0.25, -0.2) is 4.39 Å². The molecular weight excluding hydrogens is 367 g/mol. The maximum Gasteiger partial charge on any atom is 0.251 e. The first-order chi connectivity index (χ1) is 14.2. The van der Waals surface area contributed by atoms with E-state index in [9.17, 15) is 14.3 Å². The van der Waals surface area contributed by atoms with Gasteiger partial charge in [-0.15, -0.1) is 0 Å². The minimum atomic E-state index is -0.425. The van der Waals surface area contributed by atoms with Gasteiger partial charge in [0.15, 0.2) is 0 Å². The summed E-state index contributed by atoms with van der Waals surface area (Å²) >= 11 is 0. The normalized spacial score (nSPS) is 23.8. The Morgan fingerprint density at radius 3 is 2.66 bits per heavy atom. The maximum absolute atomic E-state index is 13.3. The van der Waals surface area contributed by atoms with Crippen LogP contribution >= 0.6 is 0 Å². The van der Waals surface area contributed by atoms with Gasteiger partial charge >= 0.3 is 0 Å². The van der Waals surface area contributed by atoms with Crippen molar-refractivity contribution >= 4 is 11.5 Å². The van der Waals surface area contributed by atoms with Crippen LogP contribution in [0.3, 0.4) is 0 Å². The highest BCUT2D eigenvalue weighted by Gasteiger charge is 2.40. The maximum atomic E-state index is 13.3. The molecule has 0 aromatic heterocycles. The van der Waals surface area contributed by atoms with Crippen LogP contribution in [0.2, 0.25) is 0 Å². The Kier molecular flexibility index (Phi) is 6.07. The second kappa shape index (κ2) is 8.89. The van der Waals surface area contributed by atoms with Crippen LogP contribution in [0.5, 0.6) is 0 Å². The van der Waals surface area contributed by atoms with E-state index >= 15 is 0 Å². The molecule has 4 nitrogen and oxygen atoms in total. The van der Waals surface area contributed by atoms with Crippen molar-refractivity contribution in [3.63, 3.8) is 0 Å². The number of amides is 1. The molecular formula is C24H27FN2O2.